The van der Waals surface area contributed by atoms with Crippen molar-refractivity contribution in [3.05, 3.63) is 59.9 Å². The topological polar surface area (TPSA) is 42.4 Å². The first-order valence-electron chi connectivity index (χ1n) is 8.09. The molecule has 1 aliphatic rings. The van der Waals surface area contributed by atoms with E-state index in [1.807, 2.05) is 47.5 Å². The standard InChI is InChI=1S/C19H22N2O2/c1-23-18-9-4-7-16(13-18)19(22)21-11-5-6-15(14-21)12-17-8-2-3-10-20-17/h2-4,7-10,13,15H,5-6,11-12,14H2,1H3/t15-/m0/s1. The van der Waals surface area contributed by atoms with Gasteiger partial charge in [-0.3, -0.25) is 9.78 Å². The van der Waals surface area contributed by atoms with Crippen LogP contribution >= 0.6 is 0 Å². The normalized spacial score (nSPS) is 17.8. The fraction of sp³-hybridized carbons (Fsp3) is 0.368. The van der Waals surface area contributed by atoms with Gasteiger partial charge in [-0.05, 0) is 55.5 Å². The summed E-state index contributed by atoms with van der Waals surface area (Å²) in [5, 5.41) is 0. The predicted molar refractivity (Wildman–Crippen MR) is 89.6 cm³/mol. The van der Waals surface area contributed by atoms with Crippen molar-refractivity contribution in [2.45, 2.75) is 19.3 Å². The first-order chi connectivity index (χ1) is 11.3. The first-order valence-corrected chi connectivity index (χ1v) is 8.09. The summed E-state index contributed by atoms with van der Waals surface area (Å²) in [4.78, 5) is 19.1. The lowest BCUT2D eigenvalue weighted by Crippen LogP contribution is -2.40. The molecule has 1 fully saturated rings. The molecule has 0 radical (unpaired) electrons. The van der Waals surface area contributed by atoms with Crippen LogP contribution in [-0.4, -0.2) is 36.0 Å². The summed E-state index contributed by atoms with van der Waals surface area (Å²) in [6.45, 7) is 1.63. The smallest absolute Gasteiger partial charge is 0.253 e. The average molecular weight is 310 g/mol. The van der Waals surface area contributed by atoms with Gasteiger partial charge in [-0.25, -0.2) is 0 Å². The Hall–Kier alpha value is -2.36. The van der Waals surface area contributed by atoms with Gasteiger partial charge < -0.3 is 9.64 Å². The highest BCUT2D eigenvalue weighted by Crippen LogP contribution is 2.22. The van der Waals surface area contributed by atoms with Crippen LogP contribution in [0.15, 0.2) is 48.7 Å². The Morgan fingerprint density at radius 2 is 2.22 bits per heavy atom. The second-order valence-electron chi connectivity index (χ2n) is 6.02. The number of ether oxygens (including phenoxy) is 1. The van der Waals surface area contributed by atoms with Crippen molar-refractivity contribution in [3.63, 3.8) is 0 Å². The van der Waals surface area contributed by atoms with E-state index in [0.717, 1.165) is 43.8 Å². The fourth-order valence-corrected chi connectivity index (χ4v) is 3.17. The summed E-state index contributed by atoms with van der Waals surface area (Å²) >= 11 is 0. The summed E-state index contributed by atoms with van der Waals surface area (Å²) in [5.41, 5.74) is 1.80. The van der Waals surface area contributed by atoms with E-state index in [4.69, 9.17) is 4.74 Å². The maximum absolute atomic E-state index is 12.7. The second kappa shape index (κ2) is 7.27. The minimum absolute atomic E-state index is 0.0922. The van der Waals surface area contributed by atoms with Gasteiger partial charge in [0.25, 0.3) is 5.91 Å². The van der Waals surface area contributed by atoms with Gasteiger partial charge in [-0.2, -0.15) is 0 Å². The van der Waals surface area contributed by atoms with Crippen LogP contribution in [0.1, 0.15) is 28.9 Å². The van der Waals surface area contributed by atoms with Gasteiger partial charge in [0, 0.05) is 30.5 Å². The molecule has 0 saturated carbocycles. The molecule has 120 valence electrons. The third-order valence-corrected chi connectivity index (χ3v) is 4.35. The molecule has 1 aromatic carbocycles. The average Bonchev–Trinajstić information content (AvgIpc) is 2.62. The molecular formula is C19H22N2O2. The summed E-state index contributed by atoms with van der Waals surface area (Å²) in [5.74, 6) is 1.29. The first kappa shape index (κ1) is 15.5. The van der Waals surface area contributed by atoms with Crippen LogP contribution in [0.2, 0.25) is 0 Å². The highest BCUT2D eigenvalue weighted by atomic mass is 16.5. The molecule has 0 unspecified atom stereocenters. The third-order valence-electron chi connectivity index (χ3n) is 4.35. The molecule has 0 bridgehead atoms. The zero-order valence-corrected chi connectivity index (χ0v) is 13.4. The minimum atomic E-state index is 0.0922. The number of benzene rings is 1. The fourth-order valence-electron chi connectivity index (χ4n) is 3.17. The van der Waals surface area contributed by atoms with E-state index in [0.29, 0.717) is 11.5 Å². The van der Waals surface area contributed by atoms with E-state index in [1.165, 1.54) is 0 Å². The molecule has 1 atom stereocenters. The predicted octanol–water partition coefficient (Wildman–Crippen LogP) is 3.19. The van der Waals surface area contributed by atoms with Crippen LogP contribution in [0.25, 0.3) is 0 Å². The summed E-state index contributed by atoms with van der Waals surface area (Å²) < 4.78 is 5.21. The number of amides is 1. The molecule has 0 aliphatic carbocycles. The number of hydrogen-bond donors (Lipinski definition) is 0. The molecule has 0 N–H and O–H groups in total. The van der Waals surface area contributed by atoms with Gasteiger partial charge in [0.2, 0.25) is 0 Å². The van der Waals surface area contributed by atoms with Gasteiger partial charge in [0.15, 0.2) is 0 Å². The van der Waals surface area contributed by atoms with Crippen molar-refractivity contribution >= 4 is 5.91 Å². The van der Waals surface area contributed by atoms with Crippen LogP contribution in [0.5, 0.6) is 5.75 Å². The number of rotatable bonds is 4. The monoisotopic (exact) mass is 310 g/mol. The van der Waals surface area contributed by atoms with Crippen molar-refractivity contribution in [3.8, 4) is 5.75 Å². The van der Waals surface area contributed by atoms with E-state index in [9.17, 15) is 4.79 Å². The minimum Gasteiger partial charge on any atom is -0.497 e. The lowest BCUT2D eigenvalue weighted by Gasteiger charge is -2.32. The Kier molecular flexibility index (Phi) is 4.91. The van der Waals surface area contributed by atoms with E-state index >= 15 is 0 Å². The lowest BCUT2D eigenvalue weighted by molar-refractivity contribution is 0.0672. The van der Waals surface area contributed by atoms with Gasteiger partial charge in [0.05, 0.1) is 7.11 Å². The van der Waals surface area contributed by atoms with Crippen LogP contribution in [-0.2, 0) is 6.42 Å². The molecule has 1 amide bonds. The highest BCUT2D eigenvalue weighted by Gasteiger charge is 2.25. The number of methoxy groups -OCH3 is 1. The Morgan fingerprint density at radius 3 is 3.00 bits per heavy atom. The number of aromatic nitrogens is 1. The van der Waals surface area contributed by atoms with E-state index in [2.05, 4.69) is 11.1 Å². The van der Waals surface area contributed by atoms with Crippen LogP contribution in [0, 0.1) is 5.92 Å². The zero-order chi connectivity index (χ0) is 16.1. The van der Waals surface area contributed by atoms with E-state index in [-0.39, 0.29) is 5.91 Å². The Bertz CT molecular complexity index is 657. The Balaban J connectivity index is 1.66. The van der Waals surface area contributed by atoms with E-state index < -0.39 is 0 Å². The Labute approximate surface area is 137 Å². The molecule has 0 spiro atoms. The quantitative estimate of drug-likeness (QED) is 0.871. The number of nitrogens with zero attached hydrogens (tertiary/aromatic N) is 2. The van der Waals surface area contributed by atoms with Crippen LogP contribution in [0.4, 0.5) is 0 Å². The van der Waals surface area contributed by atoms with Crippen molar-refractivity contribution in [2.24, 2.45) is 5.92 Å². The molecule has 1 aliphatic heterocycles. The molecule has 4 heteroatoms. The molecule has 23 heavy (non-hydrogen) atoms. The van der Waals surface area contributed by atoms with E-state index in [1.54, 1.807) is 7.11 Å². The van der Waals surface area contributed by atoms with Gasteiger partial charge in [-0.1, -0.05) is 12.1 Å². The molecule has 2 heterocycles. The van der Waals surface area contributed by atoms with Crippen LogP contribution < -0.4 is 4.74 Å². The van der Waals surface area contributed by atoms with Crippen molar-refractivity contribution in [1.82, 2.24) is 9.88 Å². The molecule has 1 saturated heterocycles. The lowest BCUT2D eigenvalue weighted by atomic mass is 9.92. The van der Waals surface area contributed by atoms with Crippen molar-refractivity contribution < 1.29 is 9.53 Å². The molecular weight excluding hydrogens is 288 g/mol. The number of pyridine rings is 1. The van der Waals surface area contributed by atoms with Gasteiger partial charge in [0.1, 0.15) is 5.75 Å². The van der Waals surface area contributed by atoms with Crippen molar-refractivity contribution in [2.75, 3.05) is 20.2 Å². The summed E-state index contributed by atoms with van der Waals surface area (Å²) in [6.07, 6.45) is 4.96. The van der Waals surface area contributed by atoms with Crippen LogP contribution in [0.3, 0.4) is 0 Å². The highest BCUT2D eigenvalue weighted by molar-refractivity contribution is 5.94. The largest absolute Gasteiger partial charge is 0.497 e. The Morgan fingerprint density at radius 1 is 1.30 bits per heavy atom. The van der Waals surface area contributed by atoms with Gasteiger partial charge >= 0.3 is 0 Å². The molecule has 4 nitrogen and oxygen atoms in total. The van der Waals surface area contributed by atoms with Gasteiger partial charge in [-0.15, -0.1) is 0 Å². The summed E-state index contributed by atoms with van der Waals surface area (Å²) in [7, 11) is 1.62. The number of hydrogen-bond acceptors (Lipinski definition) is 3. The number of carbonyl (C=O) groups is 1. The number of carbonyl (C=O) groups excluding carboxylic acids is 1. The zero-order valence-electron chi connectivity index (χ0n) is 13.4. The maximum atomic E-state index is 12.7. The molecule has 2 aromatic rings. The molecule has 1 aromatic heterocycles. The third kappa shape index (κ3) is 3.89. The molecule has 3 rings (SSSR count). The number of piperidine rings is 1. The maximum Gasteiger partial charge on any atom is 0.253 e. The second-order valence-corrected chi connectivity index (χ2v) is 6.02. The SMILES string of the molecule is COc1cccc(C(=O)N2CCC[C@@H](Cc3ccccn3)C2)c1. The van der Waals surface area contributed by atoms with Crippen molar-refractivity contribution in [1.29, 1.82) is 0 Å². The summed E-state index contributed by atoms with van der Waals surface area (Å²) in [6, 6.07) is 13.4. The number of likely N-dealkylation sites (tertiary alicyclic amines) is 1.